The number of halogens is 3. The molecule has 9 nitrogen and oxygen atoms in total. The number of alkyl halides is 3. The van der Waals surface area contributed by atoms with Crippen molar-refractivity contribution < 1.29 is 37.7 Å². The number of nitrogens with zero attached hydrogens (tertiary/aromatic N) is 2. The first-order valence-electron chi connectivity index (χ1n) is 7.23. The van der Waals surface area contributed by atoms with E-state index in [2.05, 4.69) is 21.0 Å². The van der Waals surface area contributed by atoms with E-state index in [4.69, 9.17) is 9.47 Å². The number of aryl methyl sites for hydroxylation is 1. The number of hydrogen-bond donors (Lipinski definition) is 3. The zero-order valence-corrected chi connectivity index (χ0v) is 15.0. The van der Waals surface area contributed by atoms with Gasteiger partial charge in [0.25, 0.3) is 0 Å². The molecule has 1 aromatic rings. The van der Waals surface area contributed by atoms with Crippen LogP contribution in [-0.4, -0.2) is 79.5 Å². The third kappa shape index (κ3) is 4.61. The van der Waals surface area contributed by atoms with Gasteiger partial charge in [0.15, 0.2) is 0 Å². The molecule has 0 saturated carbocycles. The van der Waals surface area contributed by atoms with Gasteiger partial charge in [-0.1, -0.05) is 0 Å². The second-order valence-electron chi connectivity index (χ2n) is 5.48. The summed E-state index contributed by atoms with van der Waals surface area (Å²) in [7, 11) is 0. The van der Waals surface area contributed by atoms with E-state index in [1.54, 1.807) is 0 Å². The molecular weight excluding hydrogens is 430 g/mol. The molecular formula is C13H15F3N3O6Se. The van der Waals surface area contributed by atoms with Crippen LogP contribution in [0.5, 0.6) is 0 Å². The summed E-state index contributed by atoms with van der Waals surface area (Å²) in [5, 5.41) is 21.6. The van der Waals surface area contributed by atoms with Gasteiger partial charge >= 0.3 is 152 Å². The topological polar surface area (TPSA) is 123 Å². The Morgan fingerprint density at radius 3 is 2.73 bits per heavy atom. The van der Waals surface area contributed by atoms with Crippen LogP contribution < -0.4 is 15.6 Å². The summed E-state index contributed by atoms with van der Waals surface area (Å²) in [6.07, 6.45) is -8.61. The van der Waals surface area contributed by atoms with Crippen LogP contribution in [0.3, 0.4) is 0 Å². The number of rotatable bonds is 5. The monoisotopic (exact) mass is 446 g/mol. The molecule has 3 N–H and O–H groups in total. The number of ether oxygens (including phenoxy) is 2. The molecule has 2 rings (SSSR count). The quantitative estimate of drug-likeness (QED) is 0.263. The summed E-state index contributed by atoms with van der Waals surface area (Å²) in [5.74, 6) is -2.16. The number of aliphatic hydroxyl groups excluding tert-OH is 2. The number of aromatic nitrogens is 2. The molecule has 2 heterocycles. The maximum absolute atomic E-state index is 12.0. The molecule has 1 fully saturated rings. The standard InChI is InChI=1S/C13H15F3N3O6Se/c1-5-2-19(12(26)18-9(5)22)10-8(21)7(20)6(25-10)3-24-4-17-11(23)13(14,15)16/h2,6-8,10,20-21H,3-4H2,1H3,(H,17,23)/t6-,7-,8-,10-/m1/s1. The number of carbonyl (C=O) groups is 1. The molecule has 1 aromatic heterocycles. The fraction of sp³-hybridized carbons (Fsp3) is 0.615. The van der Waals surface area contributed by atoms with Crippen molar-refractivity contribution in [3.63, 3.8) is 0 Å². The Morgan fingerprint density at radius 1 is 1.46 bits per heavy atom. The molecule has 1 amide bonds. The van der Waals surface area contributed by atoms with E-state index in [0.29, 0.717) is 0 Å². The van der Waals surface area contributed by atoms with Gasteiger partial charge in [0, 0.05) is 0 Å². The predicted octanol–water partition coefficient (Wildman–Crippen LogP) is -2.38. The molecule has 0 bridgehead atoms. The second-order valence-corrected chi connectivity index (χ2v) is 6.25. The molecule has 1 radical (unpaired) electrons. The molecule has 145 valence electrons. The number of hydrogen-bond acceptors (Lipinski definition) is 7. The number of nitrogens with one attached hydrogen (secondary N) is 1. The maximum atomic E-state index is 12.0. The van der Waals surface area contributed by atoms with Crippen LogP contribution in [0.2, 0.25) is 0 Å². The van der Waals surface area contributed by atoms with Crippen LogP contribution in [0.4, 0.5) is 13.2 Å². The van der Waals surface area contributed by atoms with Crippen molar-refractivity contribution in [3.05, 3.63) is 22.1 Å². The van der Waals surface area contributed by atoms with E-state index < -0.39 is 48.9 Å². The van der Waals surface area contributed by atoms with Crippen LogP contribution in [0.15, 0.2) is 11.0 Å². The van der Waals surface area contributed by atoms with Gasteiger partial charge in [0.05, 0.1) is 0 Å². The van der Waals surface area contributed by atoms with E-state index in [1.165, 1.54) is 23.0 Å². The van der Waals surface area contributed by atoms with Crippen molar-refractivity contribution in [2.45, 2.75) is 37.6 Å². The first-order valence-corrected chi connectivity index (χ1v) is 8.09. The Balaban J connectivity index is 1.96. The predicted molar refractivity (Wildman–Crippen MR) is 79.6 cm³/mol. The van der Waals surface area contributed by atoms with Gasteiger partial charge in [0.1, 0.15) is 0 Å². The summed E-state index contributed by atoms with van der Waals surface area (Å²) in [5.41, 5.74) is -0.188. The third-order valence-corrected chi connectivity index (χ3v) is 4.21. The summed E-state index contributed by atoms with van der Waals surface area (Å²) in [6.45, 7) is 0.367. The van der Waals surface area contributed by atoms with Crippen LogP contribution in [0.25, 0.3) is 0 Å². The normalized spacial score (nSPS) is 26.1. The van der Waals surface area contributed by atoms with E-state index in [9.17, 15) is 33.0 Å². The first kappa shape index (κ1) is 20.8. The van der Waals surface area contributed by atoms with Gasteiger partial charge in [-0.2, -0.15) is 0 Å². The van der Waals surface area contributed by atoms with Gasteiger partial charge in [-0.3, -0.25) is 0 Å². The molecule has 0 aliphatic carbocycles. The molecule has 26 heavy (non-hydrogen) atoms. The Hall–Kier alpha value is -1.50. The van der Waals surface area contributed by atoms with E-state index >= 15 is 0 Å². The molecule has 13 heteroatoms. The van der Waals surface area contributed by atoms with Gasteiger partial charge in [0.2, 0.25) is 0 Å². The van der Waals surface area contributed by atoms with E-state index in [-0.39, 0.29) is 16.9 Å². The molecule has 0 aromatic carbocycles. The van der Waals surface area contributed by atoms with Crippen molar-refractivity contribution in [2.75, 3.05) is 13.3 Å². The van der Waals surface area contributed by atoms with Crippen LogP contribution in [-0.2, 0) is 14.3 Å². The molecule has 0 unspecified atom stereocenters. The minimum absolute atomic E-state index is 0.121. The van der Waals surface area contributed by atoms with Crippen molar-refractivity contribution in [2.24, 2.45) is 0 Å². The molecule has 1 saturated heterocycles. The van der Waals surface area contributed by atoms with Gasteiger partial charge in [-0.25, -0.2) is 0 Å². The summed E-state index contributed by atoms with van der Waals surface area (Å²) in [6, 6.07) is 0. The molecule has 1 aliphatic heterocycles. The fourth-order valence-corrected chi connectivity index (χ4v) is 2.73. The Kier molecular flexibility index (Phi) is 6.42. The zero-order valence-electron chi connectivity index (χ0n) is 13.3. The van der Waals surface area contributed by atoms with Crippen molar-refractivity contribution in [3.8, 4) is 0 Å². The molecule has 4 atom stereocenters. The number of aliphatic hydroxyl groups is 2. The Labute approximate surface area is 152 Å². The average molecular weight is 445 g/mol. The molecule has 0 spiro atoms. The fourth-order valence-electron chi connectivity index (χ4n) is 2.22. The van der Waals surface area contributed by atoms with Crippen LogP contribution in [0.1, 0.15) is 11.8 Å². The number of carbonyl (C=O) groups excluding carboxylic acids is 1. The second kappa shape index (κ2) is 8.03. The van der Waals surface area contributed by atoms with Crippen molar-refractivity contribution >= 4 is 26.6 Å². The van der Waals surface area contributed by atoms with Crippen molar-refractivity contribution in [1.82, 2.24) is 14.9 Å². The van der Waals surface area contributed by atoms with E-state index in [1.807, 2.05) is 0 Å². The molecule has 1 aliphatic rings. The van der Waals surface area contributed by atoms with Crippen LogP contribution in [0, 0.1) is 6.92 Å². The first-order chi connectivity index (χ1) is 12.0. The SMILES string of the molecule is Cc1cn([C@@H]2O[C@H](COCNC(=O)C(F)(F)F)[C@@H](O)[C@H]2O)c([Se])nc1=O. The van der Waals surface area contributed by atoms with Gasteiger partial charge < -0.3 is 0 Å². The summed E-state index contributed by atoms with van der Waals surface area (Å²) in [4.78, 5) is 25.8. The van der Waals surface area contributed by atoms with E-state index in [0.717, 1.165) is 0 Å². The third-order valence-electron chi connectivity index (χ3n) is 3.57. The number of amides is 1. The van der Waals surface area contributed by atoms with Gasteiger partial charge in [-0.05, 0) is 0 Å². The van der Waals surface area contributed by atoms with Crippen molar-refractivity contribution in [1.29, 1.82) is 0 Å². The Morgan fingerprint density at radius 2 is 2.12 bits per heavy atom. The Bertz CT molecular complexity index is 728. The summed E-state index contributed by atoms with van der Waals surface area (Å²) < 4.78 is 47.8. The minimum atomic E-state index is -5.03. The van der Waals surface area contributed by atoms with Gasteiger partial charge in [-0.15, -0.1) is 0 Å². The zero-order chi connectivity index (χ0) is 19.6. The average Bonchev–Trinajstić information content (AvgIpc) is 2.82. The summed E-state index contributed by atoms with van der Waals surface area (Å²) >= 11 is 2.54. The van der Waals surface area contributed by atoms with Crippen LogP contribution >= 0.6 is 0 Å².